The Labute approximate surface area is 140 Å². The molecular formula is C17H22FN5O. The Morgan fingerprint density at radius 2 is 1.92 bits per heavy atom. The summed E-state index contributed by atoms with van der Waals surface area (Å²) in [7, 11) is 0. The second-order valence-corrected chi connectivity index (χ2v) is 5.40. The third-order valence-corrected chi connectivity index (χ3v) is 3.34. The number of amides is 1. The van der Waals surface area contributed by atoms with Crippen molar-refractivity contribution in [2.45, 2.75) is 20.8 Å². The van der Waals surface area contributed by atoms with Gasteiger partial charge in [0.25, 0.3) is 5.91 Å². The van der Waals surface area contributed by atoms with E-state index in [-0.39, 0.29) is 11.7 Å². The average molecular weight is 331 g/mol. The fraction of sp³-hybridized carbons (Fsp3) is 0.353. The minimum Gasteiger partial charge on any atom is -0.370 e. The number of carbonyl (C=O) groups is 1. The molecule has 1 aromatic heterocycles. The van der Waals surface area contributed by atoms with Gasteiger partial charge in [0.2, 0.25) is 5.95 Å². The first kappa shape index (κ1) is 17.7. The van der Waals surface area contributed by atoms with Gasteiger partial charge in [0.1, 0.15) is 11.6 Å². The molecule has 3 N–H and O–H groups in total. The summed E-state index contributed by atoms with van der Waals surface area (Å²) < 4.78 is 13.5. The van der Waals surface area contributed by atoms with Crippen LogP contribution in [0.4, 0.5) is 16.2 Å². The number of carbonyl (C=O) groups excluding carboxylic acids is 1. The molecule has 0 saturated carbocycles. The normalized spacial score (nSPS) is 10.3. The van der Waals surface area contributed by atoms with Crippen LogP contribution in [0.3, 0.4) is 0 Å². The van der Waals surface area contributed by atoms with Crippen LogP contribution in [0.1, 0.15) is 28.5 Å². The van der Waals surface area contributed by atoms with E-state index in [0.29, 0.717) is 30.2 Å². The fourth-order valence-electron chi connectivity index (χ4n) is 2.11. The van der Waals surface area contributed by atoms with Crippen molar-refractivity contribution in [2.24, 2.45) is 0 Å². The largest absolute Gasteiger partial charge is 0.370 e. The molecule has 1 amide bonds. The van der Waals surface area contributed by atoms with Crippen molar-refractivity contribution in [1.82, 2.24) is 15.3 Å². The lowest BCUT2D eigenvalue weighted by molar-refractivity contribution is 0.0954. The maximum Gasteiger partial charge on any atom is 0.251 e. The van der Waals surface area contributed by atoms with Crippen LogP contribution in [0.15, 0.2) is 24.3 Å². The molecule has 0 atom stereocenters. The van der Waals surface area contributed by atoms with Gasteiger partial charge in [-0.2, -0.15) is 4.98 Å². The van der Waals surface area contributed by atoms with Crippen LogP contribution in [0.25, 0.3) is 0 Å². The fourth-order valence-corrected chi connectivity index (χ4v) is 2.11. The number of aromatic nitrogens is 2. The highest BCUT2D eigenvalue weighted by Crippen LogP contribution is 2.10. The highest BCUT2D eigenvalue weighted by molar-refractivity contribution is 5.94. The molecular weight excluding hydrogens is 309 g/mol. The van der Waals surface area contributed by atoms with Gasteiger partial charge in [0.15, 0.2) is 0 Å². The van der Waals surface area contributed by atoms with Crippen LogP contribution >= 0.6 is 0 Å². The quantitative estimate of drug-likeness (QED) is 0.680. The third kappa shape index (κ3) is 4.91. The summed E-state index contributed by atoms with van der Waals surface area (Å²) in [6, 6.07) is 6.30. The van der Waals surface area contributed by atoms with Gasteiger partial charge in [-0.05, 0) is 38.5 Å². The van der Waals surface area contributed by atoms with E-state index < -0.39 is 0 Å². The molecule has 1 heterocycles. The Hall–Kier alpha value is -2.70. The number of hydrogen-bond acceptors (Lipinski definition) is 5. The second kappa shape index (κ2) is 8.24. The molecule has 2 aromatic rings. The number of halogens is 1. The van der Waals surface area contributed by atoms with E-state index in [1.54, 1.807) is 19.1 Å². The Morgan fingerprint density at radius 1 is 1.12 bits per heavy atom. The van der Waals surface area contributed by atoms with E-state index >= 15 is 0 Å². The van der Waals surface area contributed by atoms with E-state index in [1.165, 1.54) is 6.07 Å². The minimum absolute atomic E-state index is 0.305. The summed E-state index contributed by atoms with van der Waals surface area (Å²) in [6.45, 7) is 7.16. The van der Waals surface area contributed by atoms with Gasteiger partial charge in [-0.3, -0.25) is 4.79 Å². The zero-order valence-electron chi connectivity index (χ0n) is 14.1. The highest BCUT2D eigenvalue weighted by atomic mass is 19.1. The van der Waals surface area contributed by atoms with E-state index in [0.717, 1.165) is 18.1 Å². The molecule has 24 heavy (non-hydrogen) atoms. The monoisotopic (exact) mass is 331 g/mol. The van der Waals surface area contributed by atoms with Gasteiger partial charge in [-0.15, -0.1) is 0 Å². The Bertz CT molecular complexity index is 720. The topological polar surface area (TPSA) is 78.9 Å². The zero-order chi connectivity index (χ0) is 17.5. The summed E-state index contributed by atoms with van der Waals surface area (Å²) in [5.41, 5.74) is 1.67. The van der Waals surface area contributed by atoms with Crippen LogP contribution in [0, 0.1) is 19.7 Å². The van der Waals surface area contributed by atoms with Gasteiger partial charge >= 0.3 is 0 Å². The molecule has 0 fully saturated rings. The summed E-state index contributed by atoms with van der Waals surface area (Å²) in [5.74, 6) is 0.562. The Morgan fingerprint density at radius 3 is 2.62 bits per heavy atom. The molecule has 0 spiro atoms. The van der Waals surface area contributed by atoms with Gasteiger partial charge in [-0.25, -0.2) is 9.37 Å². The summed E-state index contributed by atoms with van der Waals surface area (Å²) in [4.78, 5) is 20.6. The molecule has 0 unspecified atom stereocenters. The number of aryl methyl sites for hydroxylation is 2. The predicted octanol–water partition coefficient (Wildman–Crippen LogP) is 2.51. The lowest BCUT2D eigenvalue weighted by atomic mass is 10.1. The van der Waals surface area contributed by atoms with E-state index in [2.05, 4.69) is 25.9 Å². The minimum atomic E-state index is -0.384. The van der Waals surface area contributed by atoms with Gasteiger partial charge in [-0.1, -0.05) is 6.07 Å². The Kier molecular flexibility index (Phi) is 6.06. The van der Waals surface area contributed by atoms with Crippen molar-refractivity contribution in [3.63, 3.8) is 0 Å². The molecule has 0 bridgehead atoms. The first-order valence-electron chi connectivity index (χ1n) is 7.87. The molecule has 128 valence electrons. The SMILES string of the molecule is CCNc1cc(C)nc(NCCNC(=O)c2ccc(C)c(F)c2)n1. The lowest BCUT2D eigenvalue weighted by Crippen LogP contribution is -2.29. The van der Waals surface area contributed by atoms with E-state index in [4.69, 9.17) is 0 Å². The molecule has 1 aromatic carbocycles. The molecule has 0 radical (unpaired) electrons. The molecule has 7 heteroatoms. The molecule has 0 aliphatic carbocycles. The van der Waals surface area contributed by atoms with Crippen molar-refractivity contribution in [2.75, 3.05) is 30.3 Å². The van der Waals surface area contributed by atoms with Crippen molar-refractivity contribution < 1.29 is 9.18 Å². The van der Waals surface area contributed by atoms with E-state index in [9.17, 15) is 9.18 Å². The van der Waals surface area contributed by atoms with Gasteiger partial charge in [0.05, 0.1) is 0 Å². The lowest BCUT2D eigenvalue weighted by Gasteiger charge is -2.10. The van der Waals surface area contributed by atoms with Crippen molar-refractivity contribution in [1.29, 1.82) is 0 Å². The summed E-state index contributed by atoms with van der Waals surface area (Å²) in [6.07, 6.45) is 0. The molecule has 0 aliphatic heterocycles. The van der Waals surface area contributed by atoms with Crippen LogP contribution in [-0.2, 0) is 0 Å². The highest BCUT2D eigenvalue weighted by Gasteiger charge is 2.07. The van der Waals surface area contributed by atoms with Crippen LogP contribution in [0.2, 0.25) is 0 Å². The summed E-state index contributed by atoms with van der Waals surface area (Å²) >= 11 is 0. The maximum atomic E-state index is 13.5. The van der Waals surface area contributed by atoms with Crippen LogP contribution in [0.5, 0.6) is 0 Å². The number of nitrogens with one attached hydrogen (secondary N) is 3. The molecule has 2 rings (SSSR count). The predicted molar refractivity (Wildman–Crippen MR) is 92.9 cm³/mol. The molecule has 6 nitrogen and oxygen atoms in total. The standard InChI is InChI=1S/C17H22FN5O/c1-4-19-15-9-12(3)22-17(23-15)21-8-7-20-16(24)13-6-5-11(2)14(18)10-13/h5-6,9-10H,4,7-8H2,1-3H3,(H,20,24)(H2,19,21,22,23). The number of hydrogen-bond donors (Lipinski definition) is 3. The average Bonchev–Trinajstić information content (AvgIpc) is 2.54. The van der Waals surface area contributed by atoms with E-state index in [1.807, 2.05) is 19.9 Å². The second-order valence-electron chi connectivity index (χ2n) is 5.40. The van der Waals surface area contributed by atoms with Crippen molar-refractivity contribution in [3.8, 4) is 0 Å². The Balaban J connectivity index is 1.84. The number of nitrogens with zero attached hydrogens (tertiary/aromatic N) is 2. The van der Waals surface area contributed by atoms with Crippen molar-refractivity contribution in [3.05, 3.63) is 46.9 Å². The number of anilines is 2. The van der Waals surface area contributed by atoms with Gasteiger partial charge in [0, 0.05) is 37.0 Å². The maximum absolute atomic E-state index is 13.5. The smallest absolute Gasteiger partial charge is 0.251 e. The molecule has 0 saturated heterocycles. The molecule has 0 aliphatic rings. The van der Waals surface area contributed by atoms with Crippen molar-refractivity contribution >= 4 is 17.7 Å². The zero-order valence-corrected chi connectivity index (χ0v) is 14.1. The first-order chi connectivity index (χ1) is 11.5. The number of benzene rings is 1. The first-order valence-corrected chi connectivity index (χ1v) is 7.87. The van der Waals surface area contributed by atoms with Crippen LogP contribution < -0.4 is 16.0 Å². The summed E-state index contributed by atoms with van der Waals surface area (Å²) in [5, 5.41) is 8.92. The number of rotatable bonds is 7. The third-order valence-electron chi connectivity index (χ3n) is 3.34. The van der Waals surface area contributed by atoms with Gasteiger partial charge < -0.3 is 16.0 Å². The van der Waals surface area contributed by atoms with Crippen LogP contribution in [-0.4, -0.2) is 35.5 Å².